The van der Waals surface area contributed by atoms with Crippen LogP contribution in [0.2, 0.25) is 0 Å². The summed E-state index contributed by atoms with van der Waals surface area (Å²) in [5, 5.41) is 27.8. The van der Waals surface area contributed by atoms with Gasteiger partial charge in [0.1, 0.15) is 0 Å². The molecular weight excluding hydrogens is 253 g/mol. The van der Waals surface area contributed by atoms with E-state index in [2.05, 4.69) is 10.2 Å². The Morgan fingerprint density at radius 2 is 1.80 bits per heavy atom. The fourth-order valence-electron chi connectivity index (χ4n) is 2.17. The molecule has 0 radical (unpaired) electrons. The first kappa shape index (κ1) is 12.6. The van der Waals surface area contributed by atoms with Crippen LogP contribution in [-0.2, 0) is 0 Å². The van der Waals surface area contributed by atoms with Crippen LogP contribution in [0.5, 0.6) is 0 Å². The highest BCUT2D eigenvalue weighted by Gasteiger charge is 2.11. The molecule has 0 atom stereocenters. The van der Waals surface area contributed by atoms with Crippen LogP contribution in [0, 0.1) is 0 Å². The van der Waals surface area contributed by atoms with Gasteiger partial charge >= 0.3 is 7.12 Å². The molecule has 5 nitrogen and oxygen atoms in total. The second-order valence-electron chi connectivity index (χ2n) is 4.53. The molecule has 0 spiro atoms. The maximum absolute atomic E-state index is 9.22. The van der Waals surface area contributed by atoms with Gasteiger partial charge in [-0.2, -0.15) is 5.10 Å². The minimum absolute atomic E-state index is 0.397. The first-order valence-corrected chi connectivity index (χ1v) is 6.12. The molecule has 1 aromatic heterocycles. The van der Waals surface area contributed by atoms with Gasteiger partial charge in [0.25, 0.3) is 0 Å². The Balaban J connectivity index is 2.13. The molecule has 98 valence electrons. The Labute approximate surface area is 115 Å². The van der Waals surface area contributed by atoms with Crippen LogP contribution in [0.1, 0.15) is 0 Å². The van der Waals surface area contributed by atoms with Crippen molar-refractivity contribution in [2.24, 2.45) is 0 Å². The number of hydrogen-bond donors (Lipinski definition) is 3. The maximum Gasteiger partial charge on any atom is 0.488 e. The zero-order chi connectivity index (χ0) is 14.1. The van der Waals surface area contributed by atoms with Gasteiger partial charge in [0, 0.05) is 10.8 Å². The Hall–Kier alpha value is -2.44. The van der Waals surface area contributed by atoms with E-state index in [4.69, 9.17) is 5.73 Å². The van der Waals surface area contributed by atoms with Gasteiger partial charge in [-0.25, -0.2) is 0 Å². The fraction of sp³-hybridized carbons (Fsp3) is 0. The lowest BCUT2D eigenvalue weighted by atomic mass is 9.79. The van der Waals surface area contributed by atoms with Gasteiger partial charge in [-0.1, -0.05) is 30.3 Å². The average molecular weight is 265 g/mol. The van der Waals surface area contributed by atoms with Gasteiger partial charge in [0.15, 0.2) is 5.82 Å². The lowest BCUT2D eigenvalue weighted by Gasteiger charge is -2.07. The summed E-state index contributed by atoms with van der Waals surface area (Å²) in [5.41, 5.74) is 8.07. The van der Waals surface area contributed by atoms with E-state index in [0.717, 1.165) is 21.9 Å². The van der Waals surface area contributed by atoms with E-state index in [1.807, 2.05) is 24.3 Å². The van der Waals surface area contributed by atoms with Crippen LogP contribution in [0.3, 0.4) is 0 Å². The van der Waals surface area contributed by atoms with Crippen molar-refractivity contribution in [3.63, 3.8) is 0 Å². The number of aromatic nitrogens is 2. The van der Waals surface area contributed by atoms with Crippen molar-refractivity contribution in [2.45, 2.75) is 0 Å². The topological polar surface area (TPSA) is 92.3 Å². The second kappa shape index (κ2) is 4.92. The van der Waals surface area contributed by atoms with Crippen LogP contribution >= 0.6 is 0 Å². The average Bonchev–Trinajstić information content (AvgIpc) is 2.47. The quantitative estimate of drug-likeness (QED) is 0.589. The predicted molar refractivity (Wildman–Crippen MR) is 79.2 cm³/mol. The molecule has 1 heterocycles. The number of nitrogens with zero attached hydrogens (tertiary/aromatic N) is 2. The highest BCUT2D eigenvalue weighted by molar-refractivity contribution is 6.58. The third-order valence-corrected chi connectivity index (χ3v) is 3.21. The number of anilines is 1. The summed E-state index contributed by atoms with van der Waals surface area (Å²) < 4.78 is 0. The lowest BCUT2D eigenvalue weighted by molar-refractivity contribution is 0.426. The first-order chi connectivity index (χ1) is 9.65. The zero-order valence-corrected chi connectivity index (χ0v) is 10.6. The molecule has 0 saturated carbocycles. The molecule has 0 aliphatic heterocycles. The third kappa shape index (κ3) is 2.22. The number of nitrogen functional groups attached to an aromatic ring is 1. The van der Waals surface area contributed by atoms with Gasteiger partial charge in [0.05, 0.1) is 6.20 Å². The van der Waals surface area contributed by atoms with Crippen molar-refractivity contribution >= 4 is 29.2 Å². The number of fused-ring (bicyclic) bond motifs is 1. The number of rotatable bonds is 2. The largest absolute Gasteiger partial charge is 0.488 e. The van der Waals surface area contributed by atoms with Crippen LogP contribution in [0.25, 0.3) is 21.9 Å². The predicted octanol–water partition coefficient (Wildman–Crippen LogP) is 0.559. The van der Waals surface area contributed by atoms with Gasteiger partial charge in [-0.3, -0.25) is 0 Å². The van der Waals surface area contributed by atoms with Gasteiger partial charge in [0.2, 0.25) is 0 Å². The van der Waals surface area contributed by atoms with Gasteiger partial charge in [-0.05, 0) is 28.7 Å². The summed E-state index contributed by atoms with van der Waals surface area (Å²) in [6.45, 7) is 0. The minimum Gasteiger partial charge on any atom is -0.423 e. The van der Waals surface area contributed by atoms with Crippen molar-refractivity contribution in [2.75, 3.05) is 5.73 Å². The van der Waals surface area contributed by atoms with E-state index in [1.165, 1.54) is 0 Å². The summed E-state index contributed by atoms with van der Waals surface area (Å²) >= 11 is 0. The SMILES string of the molecule is Nc1nncc2cc(-c3cccc(B(O)O)c3)ccc12. The van der Waals surface area contributed by atoms with E-state index in [-0.39, 0.29) is 0 Å². The molecule has 4 N–H and O–H groups in total. The molecule has 6 heteroatoms. The van der Waals surface area contributed by atoms with E-state index in [0.29, 0.717) is 11.3 Å². The van der Waals surface area contributed by atoms with E-state index >= 15 is 0 Å². The normalized spacial score (nSPS) is 10.7. The van der Waals surface area contributed by atoms with Crippen molar-refractivity contribution in [3.8, 4) is 11.1 Å². The molecule has 0 amide bonds. The van der Waals surface area contributed by atoms with Gasteiger partial charge < -0.3 is 15.8 Å². The third-order valence-electron chi connectivity index (χ3n) is 3.21. The summed E-state index contributed by atoms with van der Waals surface area (Å²) in [5.74, 6) is 0.397. The van der Waals surface area contributed by atoms with E-state index in [9.17, 15) is 10.0 Å². The molecule has 0 aliphatic rings. The Bertz CT molecular complexity index is 777. The number of benzene rings is 2. The van der Waals surface area contributed by atoms with Crippen LogP contribution < -0.4 is 11.2 Å². The smallest absolute Gasteiger partial charge is 0.423 e. The Kier molecular flexibility index (Phi) is 3.10. The summed E-state index contributed by atoms with van der Waals surface area (Å²) in [4.78, 5) is 0. The zero-order valence-electron chi connectivity index (χ0n) is 10.6. The molecule has 20 heavy (non-hydrogen) atoms. The van der Waals surface area contributed by atoms with Crippen molar-refractivity contribution in [3.05, 3.63) is 48.7 Å². The molecular formula is C14H12BN3O2. The van der Waals surface area contributed by atoms with Crippen molar-refractivity contribution < 1.29 is 10.0 Å². The number of hydrogen-bond acceptors (Lipinski definition) is 5. The van der Waals surface area contributed by atoms with Crippen LogP contribution in [0.15, 0.2) is 48.7 Å². The van der Waals surface area contributed by atoms with Crippen molar-refractivity contribution in [1.29, 1.82) is 0 Å². The molecule has 3 rings (SSSR count). The standard InChI is InChI=1S/C14H12BN3O2/c16-14-13-5-4-10(6-11(13)8-17-18-14)9-2-1-3-12(7-9)15(19)20/h1-8,19-20H,(H2,16,18). The highest BCUT2D eigenvalue weighted by Crippen LogP contribution is 2.25. The first-order valence-electron chi connectivity index (χ1n) is 6.12. The summed E-state index contributed by atoms with van der Waals surface area (Å²) in [6, 6.07) is 12.9. The fourth-order valence-corrected chi connectivity index (χ4v) is 2.17. The van der Waals surface area contributed by atoms with Gasteiger partial charge in [-0.15, -0.1) is 5.10 Å². The molecule has 0 fully saturated rings. The van der Waals surface area contributed by atoms with E-state index in [1.54, 1.807) is 24.4 Å². The Morgan fingerprint density at radius 1 is 1.00 bits per heavy atom. The lowest BCUT2D eigenvalue weighted by Crippen LogP contribution is -2.29. The Morgan fingerprint density at radius 3 is 2.60 bits per heavy atom. The van der Waals surface area contributed by atoms with Crippen LogP contribution in [-0.4, -0.2) is 27.4 Å². The molecule has 0 saturated heterocycles. The monoisotopic (exact) mass is 265 g/mol. The minimum atomic E-state index is -1.48. The molecule has 0 unspecified atom stereocenters. The van der Waals surface area contributed by atoms with Crippen molar-refractivity contribution in [1.82, 2.24) is 10.2 Å². The molecule has 2 aromatic carbocycles. The molecule has 0 aliphatic carbocycles. The number of nitrogens with two attached hydrogens (primary N) is 1. The summed E-state index contributed by atoms with van der Waals surface area (Å²) in [7, 11) is -1.48. The second-order valence-corrected chi connectivity index (χ2v) is 4.53. The summed E-state index contributed by atoms with van der Waals surface area (Å²) in [6.07, 6.45) is 1.65. The van der Waals surface area contributed by atoms with Crippen LogP contribution in [0.4, 0.5) is 5.82 Å². The molecule has 0 bridgehead atoms. The highest BCUT2D eigenvalue weighted by atomic mass is 16.4. The van der Waals surface area contributed by atoms with E-state index < -0.39 is 7.12 Å². The molecule has 3 aromatic rings. The maximum atomic E-state index is 9.22.